The van der Waals surface area contributed by atoms with Crippen molar-refractivity contribution in [2.75, 3.05) is 18.0 Å². The van der Waals surface area contributed by atoms with Crippen LogP contribution in [-0.4, -0.2) is 13.1 Å². The number of rotatable bonds is 4. The minimum Gasteiger partial charge on any atom is -0.370 e. The van der Waals surface area contributed by atoms with Gasteiger partial charge >= 0.3 is 0 Å². The fraction of sp³-hybridized carbons (Fsp3) is 0.455. The van der Waals surface area contributed by atoms with Gasteiger partial charge in [0, 0.05) is 13.1 Å². The van der Waals surface area contributed by atoms with Crippen molar-refractivity contribution < 1.29 is 0 Å². The summed E-state index contributed by atoms with van der Waals surface area (Å²) in [6.45, 7) is 7.83. The molecule has 0 saturated heterocycles. The van der Waals surface area contributed by atoms with Gasteiger partial charge in [0.05, 0.1) is 5.69 Å². The molecule has 0 unspecified atom stereocenters. The second kappa shape index (κ2) is 4.74. The molecule has 0 N–H and O–H groups in total. The summed E-state index contributed by atoms with van der Waals surface area (Å²) in [4.78, 5) is 12.8. The molecule has 0 radical (unpaired) electrons. The van der Waals surface area contributed by atoms with E-state index >= 15 is 0 Å². The molecule has 0 heterocycles. The highest BCUT2D eigenvalue weighted by Crippen LogP contribution is 2.31. The average molecular weight is 192 g/mol. The molecule has 0 saturated carbocycles. The monoisotopic (exact) mass is 192 g/mol. The Labute approximate surface area is 84.7 Å². The van der Waals surface area contributed by atoms with Gasteiger partial charge in [-0.3, -0.25) is 0 Å². The smallest absolute Gasteiger partial charge is 0.134 e. The molecular weight excluding hydrogens is 176 g/mol. The molecule has 3 heteroatoms. The highest BCUT2D eigenvalue weighted by Gasteiger charge is 2.10. The highest BCUT2D eigenvalue weighted by atomic mass is 16.3. The van der Waals surface area contributed by atoms with Crippen LogP contribution in [0.25, 0.3) is 0 Å². The van der Waals surface area contributed by atoms with E-state index in [-0.39, 0.29) is 0 Å². The van der Waals surface area contributed by atoms with Crippen molar-refractivity contribution >= 4 is 11.4 Å². The summed E-state index contributed by atoms with van der Waals surface area (Å²) in [6, 6.07) is 5.80. The molecule has 0 spiro atoms. The number of hydrogen-bond donors (Lipinski definition) is 0. The van der Waals surface area contributed by atoms with E-state index in [0.29, 0.717) is 5.69 Å². The van der Waals surface area contributed by atoms with Crippen molar-refractivity contribution in [3.05, 3.63) is 28.7 Å². The number of nitroso groups, excluding NO2 is 1. The Morgan fingerprint density at radius 3 is 2.43 bits per heavy atom. The third-order valence-corrected chi connectivity index (χ3v) is 2.41. The van der Waals surface area contributed by atoms with Gasteiger partial charge in [-0.1, -0.05) is 12.1 Å². The van der Waals surface area contributed by atoms with E-state index in [1.54, 1.807) is 0 Å². The van der Waals surface area contributed by atoms with E-state index in [4.69, 9.17) is 0 Å². The molecule has 1 rings (SSSR count). The second-order valence-corrected chi connectivity index (χ2v) is 3.21. The van der Waals surface area contributed by atoms with Crippen molar-refractivity contribution in [3.8, 4) is 0 Å². The molecule has 0 bridgehead atoms. The van der Waals surface area contributed by atoms with Gasteiger partial charge in [0.2, 0.25) is 0 Å². The summed E-state index contributed by atoms with van der Waals surface area (Å²) >= 11 is 0. The van der Waals surface area contributed by atoms with Gasteiger partial charge < -0.3 is 4.90 Å². The summed E-state index contributed by atoms with van der Waals surface area (Å²) in [5, 5.41) is 3.10. The molecule has 0 fully saturated rings. The Hall–Kier alpha value is -1.38. The van der Waals surface area contributed by atoms with Crippen molar-refractivity contribution in [2.24, 2.45) is 5.18 Å². The zero-order valence-electron chi connectivity index (χ0n) is 8.95. The van der Waals surface area contributed by atoms with Crippen LogP contribution in [0.15, 0.2) is 23.4 Å². The predicted molar refractivity (Wildman–Crippen MR) is 60.2 cm³/mol. The lowest BCUT2D eigenvalue weighted by Gasteiger charge is -2.22. The lowest BCUT2D eigenvalue weighted by Crippen LogP contribution is -2.21. The molecule has 0 aromatic heterocycles. The van der Waals surface area contributed by atoms with Gasteiger partial charge in [0.15, 0.2) is 0 Å². The molecule has 1 aromatic carbocycles. The van der Waals surface area contributed by atoms with Gasteiger partial charge in [-0.05, 0) is 37.6 Å². The van der Waals surface area contributed by atoms with E-state index in [1.807, 2.05) is 25.1 Å². The fourth-order valence-electron chi connectivity index (χ4n) is 1.58. The van der Waals surface area contributed by atoms with Crippen molar-refractivity contribution in [1.29, 1.82) is 0 Å². The summed E-state index contributed by atoms with van der Waals surface area (Å²) in [5.74, 6) is 0. The number of aryl methyl sites for hydroxylation is 1. The fourth-order valence-corrected chi connectivity index (χ4v) is 1.58. The Bertz CT molecular complexity index is 319. The van der Waals surface area contributed by atoms with Crippen LogP contribution in [0.5, 0.6) is 0 Å². The van der Waals surface area contributed by atoms with Crippen LogP contribution in [0.4, 0.5) is 11.4 Å². The number of benzene rings is 1. The van der Waals surface area contributed by atoms with E-state index < -0.39 is 0 Å². The molecule has 0 aliphatic carbocycles. The molecule has 3 nitrogen and oxygen atoms in total. The van der Waals surface area contributed by atoms with Crippen molar-refractivity contribution in [3.63, 3.8) is 0 Å². The first kappa shape index (κ1) is 10.7. The first-order valence-corrected chi connectivity index (χ1v) is 4.92. The van der Waals surface area contributed by atoms with Crippen LogP contribution in [0.1, 0.15) is 19.4 Å². The van der Waals surface area contributed by atoms with Crippen LogP contribution >= 0.6 is 0 Å². The minimum absolute atomic E-state index is 0.566. The molecule has 76 valence electrons. The number of anilines is 1. The molecule has 14 heavy (non-hydrogen) atoms. The summed E-state index contributed by atoms with van der Waals surface area (Å²) < 4.78 is 0. The van der Waals surface area contributed by atoms with Gasteiger partial charge in [0.1, 0.15) is 5.69 Å². The molecule has 1 aromatic rings. The quantitative estimate of drug-likeness (QED) is 0.686. The summed E-state index contributed by atoms with van der Waals surface area (Å²) in [5.41, 5.74) is 2.44. The molecule has 0 atom stereocenters. The second-order valence-electron chi connectivity index (χ2n) is 3.21. The number of hydrogen-bond acceptors (Lipinski definition) is 3. The average Bonchev–Trinajstić information content (AvgIpc) is 2.20. The van der Waals surface area contributed by atoms with Crippen molar-refractivity contribution in [2.45, 2.75) is 20.8 Å². The van der Waals surface area contributed by atoms with Crippen LogP contribution in [0.3, 0.4) is 0 Å². The van der Waals surface area contributed by atoms with Gasteiger partial charge in [0.25, 0.3) is 0 Å². The van der Waals surface area contributed by atoms with E-state index in [1.165, 1.54) is 0 Å². The molecule has 0 aliphatic rings. The third kappa shape index (κ3) is 1.92. The highest BCUT2D eigenvalue weighted by molar-refractivity contribution is 5.70. The van der Waals surface area contributed by atoms with Crippen LogP contribution in [-0.2, 0) is 0 Å². The number of nitrogens with zero attached hydrogens (tertiary/aromatic N) is 2. The largest absolute Gasteiger partial charge is 0.370 e. The Balaban J connectivity index is 3.18. The maximum Gasteiger partial charge on any atom is 0.134 e. The van der Waals surface area contributed by atoms with Gasteiger partial charge in [-0.15, -0.1) is 4.91 Å². The van der Waals surface area contributed by atoms with Gasteiger partial charge in [-0.2, -0.15) is 0 Å². The lowest BCUT2D eigenvalue weighted by molar-refractivity contribution is 0.865. The van der Waals surface area contributed by atoms with Crippen LogP contribution in [0, 0.1) is 11.8 Å². The van der Waals surface area contributed by atoms with Crippen molar-refractivity contribution in [1.82, 2.24) is 0 Å². The molecule has 0 aliphatic heterocycles. The maximum atomic E-state index is 10.7. The zero-order chi connectivity index (χ0) is 10.6. The van der Waals surface area contributed by atoms with E-state index in [0.717, 1.165) is 24.3 Å². The zero-order valence-corrected chi connectivity index (χ0v) is 8.95. The lowest BCUT2D eigenvalue weighted by atomic mass is 10.1. The Kier molecular flexibility index (Phi) is 3.63. The third-order valence-electron chi connectivity index (χ3n) is 2.41. The van der Waals surface area contributed by atoms with Crippen LogP contribution < -0.4 is 4.90 Å². The summed E-state index contributed by atoms with van der Waals surface area (Å²) in [7, 11) is 0. The summed E-state index contributed by atoms with van der Waals surface area (Å²) in [6.07, 6.45) is 0. The van der Waals surface area contributed by atoms with E-state index in [2.05, 4.69) is 23.9 Å². The minimum atomic E-state index is 0.566. The predicted octanol–water partition coefficient (Wildman–Crippen LogP) is 3.24. The first-order valence-electron chi connectivity index (χ1n) is 4.92. The van der Waals surface area contributed by atoms with E-state index in [9.17, 15) is 4.91 Å². The van der Waals surface area contributed by atoms with Gasteiger partial charge in [-0.25, -0.2) is 0 Å². The normalized spacial score (nSPS) is 9.93. The SMILES string of the molecule is CCN(CC)c1cccc(C)c1N=O. The molecular formula is C11H16N2O. The standard InChI is InChI=1S/C11H16N2O/c1-4-13(5-2)10-8-6-7-9(3)11(10)12-14/h6-8H,4-5H2,1-3H3. The van der Waals surface area contributed by atoms with Crippen LogP contribution in [0.2, 0.25) is 0 Å². The topological polar surface area (TPSA) is 32.7 Å². The first-order chi connectivity index (χ1) is 6.74. The Morgan fingerprint density at radius 2 is 1.93 bits per heavy atom. The Morgan fingerprint density at radius 1 is 1.29 bits per heavy atom. The maximum absolute atomic E-state index is 10.7. The molecule has 0 amide bonds.